The fourth-order valence-corrected chi connectivity index (χ4v) is 1.59. The van der Waals surface area contributed by atoms with E-state index < -0.39 is 0 Å². The molecule has 18 heavy (non-hydrogen) atoms. The maximum absolute atomic E-state index is 5.98. The lowest BCUT2D eigenvalue weighted by Gasteiger charge is -2.11. The third kappa shape index (κ3) is 2.73. The SMILES string of the molecule is Cc1cccnc1-c1noc(CC(N)C(C)C)n1. The van der Waals surface area contributed by atoms with Crippen molar-refractivity contribution in [3.05, 3.63) is 29.8 Å². The van der Waals surface area contributed by atoms with Gasteiger partial charge in [-0.15, -0.1) is 0 Å². The van der Waals surface area contributed by atoms with Gasteiger partial charge in [0.25, 0.3) is 0 Å². The highest BCUT2D eigenvalue weighted by Gasteiger charge is 2.16. The van der Waals surface area contributed by atoms with Gasteiger partial charge in [0, 0.05) is 18.7 Å². The summed E-state index contributed by atoms with van der Waals surface area (Å²) >= 11 is 0. The van der Waals surface area contributed by atoms with E-state index in [0.29, 0.717) is 24.1 Å². The zero-order valence-corrected chi connectivity index (χ0v) is 10.9. The maximum Gasteiger partial charge on any atom is 0.228 e. The highest BCUT2D eigenvalue weighted by Crippen LogP contribution is 2.17. The monoisotopic (exact) mass is 246 g/mol. The smallest absolute Gasteiger partial charge is 0.228 e. The van der Waals surface area contributed by atoms with Gasteiger partial charge in [0.2, 0.25) is 11.7 Å². The molecule has 1 atom stereocenters. The molecule has 0 bridgehead atoms. The molecule has 2 aromatic heterocycles. The number of nitrogens with two attached hydrogens (primary N) is 1. The van der Waals surface area contributed by atoms with Gasteiger partial charge < -0.3 is 10.3 Å². The Labute approximate surface area is 106 Å². The van der Waals surface area contributed by atoms with E-state index in [1.54, 1.807) is 6.20 Å². The van der Waals surface area contributed by atoms with Crippen molar-refractivity contribution in [1.82, 2.24) is 15.1 Å². The lowest BCUT2D eigenvalue weighted by molar-refractivity contribution is 0.353. The third-order valence-electron chi connectivity index (χ3n) is 2.96. The summed E-state index contributed by atoms with van der Waals surface area (Å²) in [6.45, 7) is 6.12. The summed E-state index contributed by atoms with van der Waals surface area (Å²) in [6.07, 6.45) is 2.31. The minimum absolute atomic E-state index is 0.0307. The van der Waals surface area contributed by atoms with Crippen LogP contribution in [0.5, 0.6) is 0 Å². The summed E-state index contributed by atoms with van der Waals surface area (Å²) in [7, 11) is 0. The van der Waals surface area contributed by atoms with E-state index >= 15 is 0 Å². The van der Waals surface area contributed by atoms with E-state index in [1.165, 1.54) is 0 Å². The molecule has 2 heterocycles. The molecule has 5 nitrogen and oxygen atoms in total. The Morgan fingerprint density at radius 3 is 2.83 bits per heavy atom. The summed E-state index contributed by atoms with van der Waals surface area (Å²) in [5, 5.41) is 3.96. The van der Waals surface area contributed by atoms with Crippen molar-refractivity contribution in [3.8, 4) is 11.5 Å². The average Bonchev–Trinajstić information content (AvgIpc) is 2.77. The molecule has 0 saturated carbocycles. The minimum Gasteiger partial charge on any atom is -0.339 e. The molecular weight excluding hydrogens is 228 g/mol. The second-order valence-corrected chi connectivity index (χ2v) is 4.79. The van der Waals surface area contributed by atoms with Crippen LogP contribution in [-0.2, 0) is 6.42 Å². The number of hydrogen-bond donors (Lipinski definition) is 1. The van der Waals surface area contributed by atoms with E-state index in [1.807, 2.05) is 19.1 Å². The third-order valence-corrected chi connectivity index (χ3v) is 2.96. The van der Waals surface area contributed by atoms with Crippen LogP contribution in [0.4, 0.5) is 0 Å². The van der Waals surface area contributed by atoms with Crippen LogP contribution < -0.4 is 5.73 Å². The number of aryl methyl sites for hydroxylation is 1. The number of nitrogens with zero attached hydrogens (tertiary/aromatic N) is 3. The van der Waals surface area contributed by atoms with E-state index in [0.717, 1.165) is 11.3 Å². The standard InChI is InChI=1S/C13H18N4O/c1-8(2)10(14)7-11-16-13(17-18-11)12-9(3)5-4-6-15-12/h4-6,8,10H,7,14H2,1-3H3. The Morgan fingerprint density at radius 1 is 1.39 bits per heavy atom. The van der Waals surface area contributed by atoms with Crippen molar-refractivity contribution in [2.45, 2.75) is 33.2 Å². The van der Waals surface area contributed by atoms with Gasteiger partial charge in [0.05, 0.1) is 0 Å². The number of pyridine rings is 1. The normalized spacial score (nSPS) is 12.9. The predicted molar refractivity (Wildman–Crippen MR) is 68.8 cm³/mol. The molecule has 0 amide bonds. The molecule has 1 unspecified atom stereocenters. The Morgan fingerprint density at radius 2 is 2.17 bits per heavy atom. The van der Waals surface area contributed by atoms with E-state index in [4.69, 9.17) is 10.3 Å². The maximum atomic E-state index is 5.98. The molecule has 0 radical (unpaired) electrons. The second-order valence-electron chi connectivity index (χ2n) is 4.79. The lowest BCUT2D eigenvalue weighted by atomic mass is 10.0. The van der Waals surface area contributed by atoms with Crippen LogP contribution in [0.2, 0.25) is 0 Å². The molecule has 0 aliphatic carbocycles. The van der Waals surface area contributed by atoms with Crippen molar-refractivity contribution in [3.63, 3.8) is 0 Å². The first-order chi connectivity index (χ1) is 8.58. The van der Waals surface area contributed by atoms with Crippen LogP contribution in [0.1, 0.15) is 25.3 Å². The van der Waals surface area contributed by atoms with Gasteiger partial charge in [0.1, 0.15) is 5.69 Å². The zero-order valence-electron chi connectivity index (χ0n) is 10.9. The number of rotatable bonds is 4. The number of aromatic nitrogens is 3. The molecule has 0 fully saturated rings. The molecule has 96 valence electrons. The summed E-state index contributed by atoms with van der Waals surface area (Å²) in [5.74, 6) is 1.48. The van der Waals surface area contributed by atoms with Gasteiger partial charge in [-0.05, 0) is 24.5 Å². The van der Waals surface area contributed by atoms with Crippen LogP contribution >= 0.6 is 0 Å². The first-order valence-electron chi connectivity index (χ1n) is 6.08. The zero-order chi connectivity index (χ0) is 13.1. The Hall–Kier alpha value is -1.75. The van der Waals surface area contributed by atoms with E-state index in [9.17, 15) is 0 Å². The predicted octanol–water partition coefficient (Wildman–Crippen LogP) is 1.97. The Balaban J connectivity index is 2.18. The summed E-state index contributed by atoms with van der Waals surface area (Å²) < 4.78 is 5.21. The fourth-order valence-electron chi connectivity index (χ4n) is 1.59. The van der Waals surface area contributed by atoms with Gasteiger partial charge in [-0.25, -0.2) is 0 Å². The molecule has 2 rings (SSSR count). The second kappa shape index (κ2) is 5.27. The van der Waals surface area contributed by atoms with Crippen LogP contribution in [0, 0.1) is 12.8 Å². The topological polar surface area (TPSA) is 77.8 Å². The van der Waals surface area contributed by atoms with Crippen LogP contribution in [0.3, 0.4) is 0 Å². The minimum atomic E-state index is 0.0307. The highest BCUT2D eigenvalue weighted by atomic mass is 16.5. The molecule has 0 aromatic carbocycles. The lowest BCUT2D eigenvalue weighted by Crippen LogP contribution is -2.28. The van der Waals surface area contributed by atoms with Gasteiger partial charge in [0.15, 0.2) is 0 Å². The van der Waals surface area contributed by atoms with Crippen molar-refractivity contribution in [2.24, 2.45) is 11.7 Å². The van der Waals surface area contributed by atoms with Gasteiger partial charge in [-0.1, -0.05) is 25.1 Å². The molecule has 2 aromatic rings. The largest absolute Gasteiger partial charge is 0.339 e. The molecule has 2 N–H and O–H groups in total. The van der Waals surface area contributed by atoms with Gasteiger partial charge in [-0.3, -0.25) is 4.98 Å². The van der Waals surface area contributed by atoms with E-state index in [-0.39, 0.29) is 6.04 Å². The summed E-state index contributed by atoms with van der Waals surface area (Å²) in [5.41, 5.74) is 7.76. The van der Waals surface area contributed by atoms with Gasteiger partial charge in [-0.2, -0.15) is 4.98 Å². The highest BCUT2D eigenvalue weighted by molar-refractivity contribution is 5.53. The molecule has 0 aliphatic heterocycles. The summed E-state index contributed by atoms with van der Waals surface area (Å²) in [4.78, 5) is 8.60. The summed E-state index contributed by atoms with van der Waals surface area (Å²) in [6, 6.07) is 3.88. The molecule has 0 aliphatic rings. The first kappa shape index (κ1) is 12.7. The molecule has 0 spiro atoms. The van der Waals surface area contributed by atoms with Crippen molar-refractivity contribution in [2.75, 3.05) is 0 Å². The Kier molecular flexibility index (Phi) is 3.72. The van der Waals surface area contributed by atoms with Crippen LogP contribution in [0.15, 0.2) is 22.9 Å². The van der Waals surface area contributed by atoms with Crippen molar-refractivity contribution in [1.29, 1.82) is 0 Å². The van der Waals surface area contributed by atoms with Crippen molar-refractivity contribution >= 4 is 0 Å². The van der Waals surface area contributed by atoms with Crippen LogP contribution in [-0.4, -0.2) is 21.2 Å². The average molecular weight is 246 g/mol. The molecule has 0 saturated heterocycles. The Bertz CT molecular complexity index is 521. The number of hydrogen-bond acceptors (Lipinski definition) is 5. The van der Waals surface area contributed by atoms with Gasteiger partial charge >= 0.3 is 0 Å². The first-order valence-corrected chi connectivity index (χ1v) is 6.08. The van der Waals surface area contributed by atoms with Crippen molar-refractivity contribution < 1.29 is 4.52 Å². The molecular formula is C13H18N4O. The van der Waals surface area contributed by atoms with E-state index in [2.05, 4.69) is 29.0 Å². The quantitative estimate of drug-likeness (QED) is 0.892. The molecule has 5 heteroatoms. The fraction of sp³-hybridized carbons (Fsp3) is 0.462. The van der Waals surface area contributed by atoms with Crippen LogP contribution in [0.25, 0.3) is 11.5 Å².